The molecule has 4 nitrogen and oxygen atoms in total. The zero-order chi connectivity index (χ0) is 9.52. The van der Waals surface area contributed by atoms with E-state index < -0.39 is 0 Å². The summed E-state index contributed by atoms with van der Waals surface area (Å²) in [7, 11) is 1.65. The van der Waals surface area contributed by atoms with Gasteiger partial charge in [-0.15, -0.1) is 0 Å². The van der Waals surface area contributed by atoms with Crippen molar-refractivity contribution >= 4 is 11.6 Å². The van der Waals surface area contributed by atoms with Crippen LogP contribution < -0.4 is 4.74 Å². The second-order valence-corrected chi connectivity index (χ2v) is 2.70. The van der Waals surface area contributed by atoms with Crippen LogP contribution in [0.4, 0.5) is 0 Å². The Morgan fingerprint density at radius 3 is 3.00 bits per heavy atom. The Morgan fingerprint density at radius 2 is 2.31 bits per heavy atom. The maximum Gasteiger partial charge on any atom is 0.225 e. The summed E-state index contributed by atoms with van der Waals surface area (Å²) in [5, 5.41) is 0.198. The van der Waals surface area contributed by atoms with Gasteiger partial charge in [-0.25, -0.2) is 4.98 Å². The van der Waals surface area contributed by atoms with Crippen molar-refractivity contribution in [2.75, 3.05) is 20.3 Å². The van der Waals surface area contributed by atoms with Crippen LogP contribution in [0.5, 0.6) is 5.88 Å². The fourth-order valence-electron chi connectivity index (χ4n) is 0.780. The van der Waals surface area contributed by atoms with Gasteiger partial charge in [-0.1, -0.05) is 0 Å². The van der Waals surface area contributed by atoms with Gasteiger partial charge in [0.1, 0.15) is 0 Å². The van der Waals surface area contributed by atoms with E-state index >= 15 is 0 Å². The number of methoxy groups -OCH3 is 1. The lowest BCUT2D eigenvalue weighted by Crippen LogP contribution is -2.02. The molecule has 0 saturated carbocycles. The molecule has 0 aliphatic heterocycles. The van der Waals surface area contributed by atoms with E-state index in [-0.39, 0.29) is 5.28 Å². The van der Waals surface area contributed by atoms with Crippen LogP contribution in [0.15, 0.2) is 12.3 Å². The molecule has 0 aliphatic carbocycles. The van der Waals surface area contributed by atoms with Gasteiger partial charge < -0.3 is 9.47 Å². The number of halogens is 1. The van der Waals surface area contributed by atoms with Gasteiger partial charge in [0, 0.05) is 32.4 Å². The molecule has 0 aromatic carbocycles. The average Bonchev–Trinajstić information content (AvgIpc) is 2.13. The third-order valence-electron chi connectivity index (χ3n) is 1.34. The predicted octanol–water partition coefficient (Wildman–Crippen LogP) is 1.55. The predicted molar refractivity (Wildman–Crippen MR) is 49.0 cm³/mol. The largest absolute Gasteiger partial charge is 0.477 e. The average molecular weight is 203 g/mol. The lowest BCUT2D eigenvalue weighted by molar-refractivity contribution is 0.170. The van der Waals surface area contributed by atoms with E-state index in [0.29, 0.717) is 19.1 Å². The van der Waals surface area contributed by atoms with Crippen molar-refractivity contribution in [1.82, 2.24) is 9.97 Å². The molecule has 0 radical (unpaired) electrons. The first kappa shape index (κ1) is 10.2. The minimum absolute atomic E-state index is 0.198. The summed E-state index contributed by atoms with van der Waals surface area (Å²) in [5.74, 6) is 0.496. The fraction of sp³-hybridized carbons (Fsp3) is 0.500. The van der Waals surface area contributed by atoms with Crippen molar-refractivity contribution in [2.24, 2.45) is 0 Å². The molecule has 1 aromatic rings. The first-order valence-corrected chi connectivity index (χ1v) is 4.31. The highest BCUT2D eigenvalue weighted by atomic mass is 35.5. The van der Waals surface area contributed by atoms with E-state index in [4.69, 9.17) is 21.1 Å². The second-order valence-electron chi connectivity index (χ2n) is 2.36. The lowest BCUT2D eigenvalue weighted by atomic mass is 10.5. The highest BCUT2D eigenvalue weighted by Gasteiger charge is 1.96. The summed E-state index contributed by atoms with van der Waals surface area (Å²) in [6, 6.07) is 1.67. The summed E-state index contributed by atoms with van der Waals surface area (Å²) in [4.78, 5) is 7.60. The summed E-state index contributed by atoms with van der Waals surface area (Å²) >= 11 is 5.56. The molecular formula is C8H11ClN2O2. The van der Waals surface area contributed by atoms with Gasteiger partial charge in [-0.3, -0.25) is 0 Å². The van der Waals surface area contributed by atoms with E-state index in [1.54, 1.807) is 19.4 Å². The molecule has 0 N–H and O–H groups in total. The van der Waals surface area contributed by atoms with Crippen LogP contribution in [0.3, 0.4) is 0 Å². The molecule has 1 rings (SSSR count). The van der Waals surface area contributed by atoms with Gasteiger partial charge in [0.2, 0.25) is 11.2 Å². The molecule has 0 amide bonds. The molecule has 0 fully saturated rings. The van der Waals surface area contributed by atoms with Crippen molar-refractivity contribution in [3.05, 3.63) is 17.5 Å². The molecular weight excluding hydrogens is 192 g/mol. The van der Waals surface area contributed by atoms with Crippen molar-refractivity contribution in [3.63, 3.8) is 0 Å². The molecule has 0 spiro atoms. The van der Waals surface area contributed by atoms with Gasteiger partial charge >= 0.3 is 0 Å². The Balaban J connectivity index is 2.28. The van der Waals surface area contributed by atoms with Gasteiger partial charge in [0.15, 0.2) is 0 Å². The molecule has 0 unspecified atom stereocenters. The van der Waals surface area contributed by atoms with E-state index in [1.807, 2.05) is 0 Å². The quantitative estimate of drug-likeness (QED) is 0.537. The van der Waals surface area contributed by atoms with Gasteiger partial charge in [-0.2, -0.15) is 4.98 Å². The zero-order valence-corrected chi connectivity index (χ0v) is 8.12. The number of nitrogens with zero attached hydrogens (tertiary/aromatic N) is 2. The minimum atomic E-state index is 0.198. The van der Waals surface area contributed by atoms with E-state index in [9.17, 15) is 0 Å². The smallest absolute Gasteiger partial charge is 0.225 e. The van der Waals surface area contributed by atoms with Crippen molar-refractivity contribution in [1.29, 1.82) is 0 Å². The highest BCUT2D eigenvalue weighted by Crippen LogP contribution is 2.08. The number of hydrogen-bond acceptors (Lipinski definition) is 4. The van der Waals surface area contributed by atoms with Gasteiger partial charge in [0.25, 0.3) is 0 Å². The maximum absolute atomic E-state index is 5.56. The van der Waals surface area contributed by atoms with Crippen LogP contribution in [0.1, 0.15) is 6.42 Å². The van der Waals surface area contributed by atoms with Crippen LogP contribution in [0, 0.1) is 0 Å². The van der Waals surface area contributed by atoms with Crippen LogP contribution in [-0.2, 0) is 4.74 Å². The second kappa shape index (κ2) is 5.72. The van der Waals surface area contributed by atoms with E-state index in [1.165, 1.54) is 0 Å². The van der Waals surface area contributed by atoms with Gasteiger partial charge in [-0.05, 0) is 11.6 Å². The molecule has 0 aliphatic rings. The monoisotopic (exact) mass is 202 g/mol. The van der Waals surface area contributed by atoms with Crippen molar-refractivity contribution in [2.45, 2.75) is 6.42 Å². The SMILES string of the molecule is COCCCOc1ccnc(Cl)n1. The fourth-order valence-corrected chi connectivity index (χ4v) is 0.920. The minimum Gasteiger partial charge on any atom is -0.477 e. The molecule has 1 aromatic heterocycles. The van der Waals surface area contributed by atoms with Gasteiger partial charge in [0.05, 0.1) is 6.61 Å². The first-order chi connectivity index (χ1) is 6.33. The van der Waals surface area contributed by atoms with E-state index in [2.05, 4.69) is 9.97 Å². The Labute approximate surface area is 81.9 Å². The highest BCUT2D eigenvalue weighted by molar-refractivity contribution is 6.28. The number of aromatic nitrogens is 2. The summed E-state index contributed by atoms with van der Waals surface area (Å²) in [6.45, 7) is 1.25. The maximum atomic E-state index is 5.56. The number of ether oxygens (including phenoxy) is 2. The normalized spacial score (nSPS) is 10.0. The Morgan fingerprint density at radius 1 is 1.46 bits per heavy atom. The Bertz CT molecular complexity index is 258. The zero-order valence-electron chi connectivity index (χ0n) is 7.36. The van der Waals surface area contributed by atoms with Crippen LogP contribution in [-0.4, -0.2) is 30.3 Å². The molecule has 72 valence electrons. The third kappa shape index (κ3) is 4.05. The molecule has 0 atom stereocenters. The molecule has 0 bridgehead atoms. The van der Waals surface area contributed by atoms with Crippen molar-refractivity contribution < 1.29 is 9.47 Å². The van der Waals surface area contributed by atoms with E-state index in [0.717, 1.165) is 6.42 Å². The van der Waals surface area contributed by atoms with Crippen molar-refractivity contribution in [3.8, 4) is 5.88 Å². The third-order valence-corrected chi connectivity index (χ3v) is 1.53. The van der Waals surface area contributed by atoms with Crippen LogP contribution >= 0.6 is 11.6 Å². The summed E-state index contributed by atoms with van der Waals surface area (Å²) in [5.41, 5.74) is 0. The summed E-state index contributed by atoms with van der Waals surface area (Å²) < 4.78 is 10.1. The molecule has 1 heterocycles. The standard InChI is InChI=1S/C8H11ClN2O2/c1-12-5-2-6-13-7-3-4-10-8(9)11-7/h3-4H,2,5-6H2,1H3. The Kier molecular flexibility index (Phi) is 4.49. The summed E-state index contributed by atoms with van der Waals surface area (Å²) in [6.07, 6.45) is 2.39. The molecule has 0 saturated heterocycles. The topological polar surface area (TPSA) is 44.2 Å². The van der Waals surface area contributed by atoms with Crippen LogP contribution in [0.2, 0.25) is 5.28 Å². The molecule has 5 heteroatoms. The molecule has 13 heavy (non-hydrogen) atoms. The lowest BCUT2D eigenvalue weighted by Gasteiger charge is -2.03. The number of hydrogen-bond donors (Lipinski definition) is 0. The number of rotatable bonds is 5. The first-order valence-electron chi connectivity index (χ1n) is 3.93. The van der Waals surface area contributed by atoms with Crippen LogP contribution in [0.25, 0.3) is 0 Å². The Hall–Kier alpha value is -0.870.